The summed E-state index contributed by atoms with van der Waals surface area (Å²) in [6.45, 7) is 5.04. The molecular formula is C25H29Cl2N3O2. The van der Waals surface area contributed by atoms with Crippen LogP contribution in [0.2, 0.25) is 10.0 Å². The molecule has 2 aromatic carbocycles. The van der Waals surface area contributed by atoms with E-state index in [0.29, 0.717) is 42.4 Å². The number of amides is 2. The number of aryl methyl sites for hydroxylation is 1. The highest BCUT2D eigenvalue weighted by atomic mass is 35.5. The molecule has 1 heterocycles. The molecule has 4 rings (SSSR count). The number of carbonyl (C=O) groups excluding carboxylic acids is 2. The summed E-state index contributed by atoms with van der Waals surface area (Å²) in [5.74, 6) is -0.161. The van der Waals surface area contributed by atoms with E-state index in [1.807, 2.05) is 42.2 Å². The second-order valence-electron chi connectivity index (χ2n) is 9.05. The zero-order chi connectivity index (χ0) is 22.9. The average molecular weight is 474 g/mol. The van der Waals surface area contributed by atoms with Crippen LogP contribution in [0.5, 0.6) is 0 Å². The van der Waals surface area contributed by atoms with Crippen molar-refractivity contribution < 1.29 is 9.59 Å². The molecule has 0 radical (unpaired) electrons. The van der Waals surface area contributed by atoms with Crippen molar-refractivity contribution in [2.24, 2.45) is 0 Å². The van der Waals surface area contributed by atoms with E-state index in [0.717, 1.165) is 29.8 Å². The summed E-state index contributed by atoms with van der Waals surface area (Å²) >= 11 is 12.5. The molecule has 1 atom stereocenters. The molecule has 2 fully saturated rings. The Labute approximate surface area is 199 Å². The summed E-state index contributed by atoms with van der Waals surface area (Å²) < 4.78 is 0. The zero-order valence-electron chi connectivity index (χ0n) is 18.5. The molecule has 0 aromatic heterocycles. The van der Waals surface area contributed by atoms with Crippen LogP contribution in [0.15, 0.2) is 42.5 Å². The minimum atomic E-state index is -0.685. The fourth-order valence-corrected chi connectivity index (χ4v) is 4.91. The lowest BCUT2D eigenvalue weighted by Gasteiger charge is -2.35. The lowest BCUT2D eigenvalue weighted by Crippen LogP contribution is -2.56. The topological polar surface area (TPSA) is 52.7 Å². The number of benzene rings is 2. The fraction of sp³-hybridized carbons (Fsp3) is 0.440. The molecule has 1 N–H and O–H groups in total. The number of nitrogens with zero attached hydrogens (tertiary/aromatic N) is 2. The van der Waals surface area contributed by atoms with Crippen LogP contribution in [-0.2, 0) is 21.4 Å². The molecule has 2 aromatic rings. The van der Waals surface area contributed by atoms with E-state index in [1.54, 1.807) is 12.1 Å². The van der Waals surface area contributed by atoms with E-state index in [-0.39, 0.29) is 11.8 Å². The van der Waals surface area contributed by atoms with Crippen molar-refractivity contribution in [1.82, 2.24) is 15.1 Å². The van der Waals surface area contributed by atoms with Gasteiger partial charge in [-0.25, -0.2) is 0 Å². The molecule has 1 aliphatic carbocycles. The fourth-order valence-electron chi connectivity index (χ4n) is 4.32. The summed E-state index contributed by atoms with van der Waals surface area (Å²) in [7, 11) is 2.06. The second-order valence-corrected chi connectivity index (χ2v) is 9.89. The maximum Gasteiger partial charge on any atom is 0.245 e. The lowest BCUT2D eigenvalue weighted by molar-refractivity contribution is -0.138. The molecule has 5 nitrogen and oxygen atoms in total. The van der Waals surface area contributed by atoms with Crippen LogP contribution in [-0.4, -0.2) is 60.9 Å². The van der Waals surface area contributed by atoms with Gasteiger partial charge in [0.1, 0.15) is 6.04 Å². The molecule has 1 saturated carbocycles. The molecule has 0 bridgehead atoms. The van der Waals surface area contributed by atoms with Gasteiger partial charge in [-0.2, -0.15) is 0 Å². The van der Waals surface area contributed by atoms with E-state index in [2.05, 4.69) is 17.3 Å². The number of carbonyl (C=O) groups is 2. The Morgan fingerprint density at radius 2 is 1.69 bits per heavy atom. The number of hydrogen-bond acceptors (Lipinski definition) is 3. The van der Waals surface area contributed by atoms with Crippen molar-refractivity contribution in [3.8, 4) is 0 Å². The Morgan fingerprint density at radius 1 is 1.03 bits per heavy atom. The Kier molecular flexibility index (Phi) is 6.80. The number of nitrogens with one attached hydrogen (secondary N) is 1. The van der Waals surface area contributed by atoms with Gasteiger partial charge in [-0.3, -0.25) is 9.59 Å². The summed E-state index contributed by atoms with van der Waals surface area (Å²) in [6, 6.07) is 12.8. The molecule has 32 heavy (non-hydrogen) atoms. The summed E-state index contributed by atoms with van der Waals surface area (Å²) in [5, 5.41) is 4.13. The Hall–Kier alpha value is -2.08. The van der Waals surface area contributed by atoms with E-state index >= 15 is 0 Å². The van der Waals surface area contributed by atoms with E-state index in [1.165, 1.54) is 0 Å². The third-order valence-corrected chi connectivity index (χ3v) is 7.16. The number of likely N-dealkylation sites (N-methyl/N-ethyl adjacent to an activating group) is 1. The lowest BCUT2D eigenvalue weighted by atomic mass is 9.93. The molecule has 0 spiro atoms. The van der Waals surface area contributed by atoms with Crippen molar-refractivity contribution in [2.75, 3.05) is 33.2 Å². The molecular weight excluding hydrogens is 445 g/mol. The molecule has 7 heteroatoms. The summed E-state index contributed by atoms with van der Waals surface area (Å²) in [5.41, 5.74) is 2.28. The highest BCUT2D eigenvalue weighted by Crippen LogP contribution is 2.51. The highest BCUT2D eigenvalue weighted by molar-refractivity contribution is 6.35. The second kappa shape index (κ2) is 9.42. The standard InChI is InChI=1S/C25H29Cl2N3O2/c1-17-3-5-18(6-4-17)15-22(23(31)30-13-11-29(2)12-14-30)28-24(32)25(9-10-25)20-8-7-19(26)16-21(20)27/h3-8,16,22H,9-15H2,1-2H3,(H,28,32)/t22-/m0/s1. The normalized spacial score (nSPS) is 18.8. The van der Waals surface area contributed by atoms with E-state index in [9.17, 15) is 9.59 Å². The minimum Gasteiger partial charge on any atom is -0.343 e. The molecule has 1 saturated heterocycles. The van der Waals surface area contributed by atoms with Gasteiger partial charge < -0.3 is 15.1 Å². The average Bonchev–Trinajstić information content (AvgIpc) is 3.56. The van der Waals surface area contributed by atoms with Crippen molar-refractivity contribution in [3.05, 3.63) is 69.2 Å². The van der Waals surface area contributed by atoms with Gasteiger partial charge in [0.15, 0.2) is 0 Å². The summed E-state index contributed by atoms with van der Waals surface area (Å²) in [4.78, 5) is 31.0. The monoisotopic (exact) mass is 473 g/mol. The van der Waals surface area contributed by atoms with Crippen molar-refractivity contribution in [1.29, 1.82) is 0 Å². The predicted molar refractivity (Wildman–Crippen MR) is 128 cm³/mol. The van der Waals surface area contributed by atoms with Gasteiger partial charge in [0.05, 0.1) is 5.41 Å². The molecule has 2 amide bonds. The third kappa shape index (κ3) is 4.95. The van der Waals surface area contributed by atoms with E-state index < -0.39 is 11.5 Å². The van der Waals surface area contributed by atoms with E-state index in [4.69, 9.17) is 23.2 Å². The number of rotatable bonds is 6. The minimum absolute atomic E-state index is 0.0231. The largest absolute Gasteiger partial charge is 0.343 e. The first kappa shape index (κ1) is 23.1. The van der Waals surface area contributed by atoms with Gasteiger partial charge >= 0.3 is 0 Å². The Balaban J connectivity index is 1.55. The van der Waals surface area contributed by atoms with Crippen LogP contribution < -0.4 is 5.32 Å². The first-order valence-electron chi connectivity index (χ1n) is 11.1. The third-order valence-electron chi connectivity index (χ3n) is 6.61. The molecule has 170 valence electrons. The van der Waals surface area contributed by atoms with Crippen LogP contribution in [0, 0.1) is 6.92 Å². The van der Waals surface area contributed by atoms with Crippen molar-refractivity contribution in [2.45, 2.75) is 37.6 Å². The van der Waals surface area contributed by atoms with Crippen LogP contribution in [0.3, 0.4) is 0 Å². The van der Waals surface area contributed by atoms with Gasteiger partial charge in [0.2, 0.25) is 11.8 Å². The van der Waals surface area contributed by atoms with Crippen LogP contribution >= 0.6 is 23.2 Å². The maximum absolute atomic E-state index is 13.5. The quantitative estimate of drug-likeness (QED) is 0.693. The Bertz CT molecular complexity index is 997. The first-order chi connectivity index (χ1) is 15.3. The smallest absolute Gasteiger partial charge is 0.245 e. The van der Waals surface area contributed by atoms with Gasteiger partial charge in [-0.1, -0.05) is 59.1 Å². The van der Waals surface area contributed by atoms with Crippen molar-refractivity contribution in [3.63, 3.8) is 0 Å². The van der Waals surface area contributed by atoms with Crippen molar-refractivity contribution >= 4 is 35.0 Å². The van der Waals surface area contributed by atoms with Gasteiger partial charge in [-0.05, 0) is 50.1 Å². The van der Waals surface area contributed by atoms with Crippen LogP contribution in [0.25, 0.3) is 0 Å². The molecule has 0 unspecified atom stereocenters. The Morgan fingerprint density at radius 3 is 2.28 bits per heavy atom. The zero-order valence-corrected chi connectivity index (χ0v) is 20.0. The molecule has 1 aliphatic heterocycles. The number of hydrogen-bond donors (Lipinski definition) is 1. The predicted octanol–water partition coefficient (Wildman–Crippen LogP) is 3.83. The highest BCUT2D eigenvalue weighted by Gasteiger charge is 2.53. The first-order valence-corrected chi connectivity index (χ1v) is 11.8. The SMILES string of the molecule is Cc1ccc(C[C@H](NC(=O)C2(c3ccc(Cl)cc3Cl)CC2)C(=O)N2CCN(C)CC2)cc1. The summed E-state index contributed by atoms with van der Waals surface area (Å²) in [6.07, 6.45) is 1.88. The van der Waals surface area contributed by atoms with Gasteiger partial charge in [-0.15, -0.1) is 0 Å². The van der Waals surface area contributed by atoms with Crippen LogP contribution in [0.4, 0.5) is 0 Å². The molecule has 2 aliphatic rings. The van der Waals surface area contributed by atoms with Gasteiger partial charge in [0, 0.05) is 42.6 Å². The maximum atomic E-state index is 13.5. The van der Waals surface area contributed by atoms with Gasteiger partial charge in [0.25, 0.3) is 0 Å². The van der Waals surface area contributed by atoms with Crippen LogP contribution in [0.1, 0.15) is 29.5 Å². The number of piperazine rings is 1. The number of halogens is 2.